The molecule has 0 aliphatic carbocycles. The first-order chi connectivity index (χ1) is 7.57. The van der Waals surface area contributed by atoms with E-state index in [1.807, 2.05) is 0 Å². The molecule has 0 heterocycles. The molecule has 0 radical (unpaired) electrons. The van der Waals surface area contributed by atoms with Gasteiger partial charge >= 0.3 is 5.97 Å². The van der Waals surface area contributed by atoms with E-state index in [-0.39, 0.29) is 12.5 Å². The third-order valence-corrected chi connectivity index (χ3v) is 1.97. The van der Waals surface area contributed by atoms with Gasteiger partial charge in [-0.3, -0.25) is 4.79 Å². The Balaban J connectivity index is 3.61. The third kappa shape index (κ3) is 8.21. The molecule has 0 aliphatic rings. The molecule has 92 valence electrons. The fourth-order valence-electron chi connectivity index (χ4n) is 1.16. The number of unbranched alkanes of at least 4 members (excludes halogenated alkanes) is 2. The number of ether oxygens (including phenoxy) is 1. The summed E-state index contributed by atoms with van der Waals surface area (Å²) in [5, 5.41) is 0. The molecule has 3 heteroatoms. The summed E-state index contributed by atoms with van der Waals surface area (Å²) in [7, 11) is 0. The first-order valence-electron chi connectivity index (χ1n) is 5.96. The monoisotopic (exact) mass is 226 g/mol. The maximum absolute atomic E-state index is 11.3. The fraction of sp³-hybridized carbons (Fsp3) is 0.692. The van der Waals surface area contributed by atoms with Gasteiger partial charge in [-0.15, -0.1) is 0 Å². The average molecular weight is 226 g/mol. The van der Waals surface area contributed by atoms with Crippen molar-refractivity contribution in [3.63, 3.8) is 0 Å². The van der Waals surface area contributed by atoms with Crippen LogP contribution in [0.25, 0.3) is 0 Å². The van der Waals surface area contributed by atoms with Crippen molar-refractivity contribution in [2.24, 2.45) is 0 Å². The first kappa shape index (κ1) is 14.9. The standard InChI is InChI=1S/C13H22O3/c1-4-5-6-7-8-9-10-12(14)13(15)16-11(2)3/h6-7,11H,4-5,8-10H2,1-3H3/b7-6+. The van der Waals surface area contributed by atoms with E-state index in [0.29, 0.717) is 6.42 Å². The third-order valence-electron chi connectivity index (χ3n) is 1.97. The van der Waals surface area contributed by atoms with Crippen LogP contribution >= 0.6 is 0 Å². The van der Waals surface area contributed by atoms with Gasteiger partial charge in [0, 0.05) is 6.42 Å². The minimum absolute atomic E-state index is 0.221. The van der Waals surface area contributed by atoms with Crippen LogP contribution < -0.4 is 0 Å². The lowest BCUT2D eigenvalue weighted by molar-refractivity contribution is -0.156. The second kappa shape index (κ2) is 9.13. The Hall–Kier alpha value is -1.12. The number of ketones is 1. The molecule has 3 nitrogen and oxygen atoms in total. The Labute approximate surface area is 97.9 Å². The summed E-state index contributed by atoms with van der Waals surface area (Å²) in [6, 6.07) is 0. The van der Waals surface area contributed by atoms with Crippen LogP contribution in [0, 0.1) is 0 Å². The molecule has 0 unspecified atom stereocenters. The molecule has 0 rings (SSSR count). The number of allylic oxidation sites excluding steroid dienone is 2. The molecule has 0 aromatic heterocycles. The highest BCUT2D eigenvalue weighted by molar-refractivity contribution is 6.33. The minimum Gasteiger partial charge on any atom is -0.457 e. The normalized spacial score (nSPS) is 11.0. The van der Waals surface area contributed by atoms with Crippen molar-refractivity contribution in [3.05, 3.63) is 12.2 Å². The molecular weight excluding hydrogens is 204 g/mol. The molecule has 16 heavy (non-hydrogen) atoms. The lowest BCUT2D eigenvalue weighted by atomic mass is 10.1. The van der Waals surface area contributed by atoms with Crippen LogP contribution in [0.5, 0.6) is 0 Å². The highest BCUT2D eigenvalue weighted by Gasteiger charge is 2.15. The van der Waals surface area contributed by atoms with Crippen LogP contribution in [0.15, 0.2) is 12.2 Å². The van der Waals surface area contributed by atoms with Crippen molar-refractivity contribution in [2.75, 3.05) is 0 Å². The quantitative estimate of drug-likeness (QED) is 0.276. The number of rotatable bonds is 8. The van der Waals surface area contributed by atoms with Crippen molar-refractivity contribution in [2.45, 2.75) is 59.0 Å². The number of esters is 1. The van der Waals surface area contributed by atoms with E-state index in [1.165, 1.54) is 0 Å². The summed E-state index contributed by atoms with van der Waals surface area (Å²) in [6.07, 6.45) is 8.00. The van der Waals surface area contributed by atoms with Crippen molar-refractivity contribution in [1.29, 1.82) is 0 Å². The van der Waals surface area contributed by atoms with Gasteiger partial charge in [-0.1, -0.05) is 25.5 Å². The Morgan fingerprint density at radius 3 is 2.38 bits per heavy atom. The van der Waals surface area contributed by atoms with Gasteiger partial charge in [0.1, 0.15) is 0 Å². The van der Waals surface area contributed by atoms with Gasteiger partial charge in [-0.05, 0) is 33.1 Å². The van der Waals surface area contributed by atoms with Gasteiger partial charge in [-0.25, -0.2) is 4.79 Å². The van der Waals surface area contributed by atoms with Crippen LogP contribution in [-0.4, -0.2) is 17.9 Å². The summed E-state index contributed by atoms with van der Waals surface area (Å²) in [6.45, 7) is 5.59. The maximum Gasteiger partial charge on any atom is 0.374 e. The van der Waals surface area contributed by atoms with Gasteiger partial charge in [0.25, 0.3) is 0 Å². The Bertz CT molecular complexity index is 242. The molecule has 0 aromatic carbocycles. The number of carbonyl (C=O) groups excluding carboxylic acids is 2. The molecule has 0 fully saturated rings. The van der Waals surface area contributed by atoms with Crippen LogP contribution in [0.4, 0.5) is 0 Å². The van der Waals surface area contributed by atoms with E-state index in [0.717, 1.165) is 19.3 Å². The lowest BCUT2D eigenvalue weighted by Crippen LogP contribution is -2.20. The SMILES string of the molecule is CCC/C=C/CCCC(=O)C(=O)OC(C)C. The van der Waals surface area contributed by atoms with E-state index >= 15 is 0 Å². The zero-order chi connectivity index (χ0) is 12.4. The van der Waals surface area contributed by atoms with Gasteiger partial charge in [-0.2, -0.15) is 0 Å². The largest absolute Gasteiger partial charge is 0.457 e. The van der Waals surface area contributed by atoms with Crippen LogP contribution in [-0.2, 0) is 14.3 Å². The predicted octanol–water partition coefficient (Wildman–Crippen LogP) is 3.03. The molecule has 0 aromatic rings. The maximum atomic E-state index is 11.3. The smallest absolute Gasteiger partial charge is 0.374 e. The molecule has 0 atom stereocenters. The predicted molar refractivity (Wildman–Crippen MR) is 64.1 cm³/mol. The Kier molecular flexibility index (Phi) is 8.49. The topological polar surface area (TPSA) is 43.4 Å². The number of carbonyl (C=O) groups is 2. The van der Waals surface area contributed by atoms with E-state index in [9.17, 15) is 9.59 Å². The van der Waals surface area contributed by atoms with Crippen molar-refractivity contribution < 1.29 is 14.3 Å². The molecule has 0 saturated heterocycles. The van der Waals surface area contributed by atoms with E-state index in [1.54, 1.807) is 13.8 Å². The highest BCUT2D eigenvalue weighted by Crippen LogP contribution is 2.02. The number of hydrogen-bond acceptors (Lipinski definition) is 3. The second-order valence-corrected chi connectivity index (χ2v) is 4.03. The lowest BCUT2D eigenvalue weighted by Gasteiger charge is -2.05. The van der Waals surface area contributed by atoms with E-state index in [4.69, 9.17) is 4.74 Å². The molecule has 0 aliphatic heterocycles. The second-order valence-electron chi connectivity index (χ2n) is 4.03. The molecule has 0 amide bonds. The summed E-state index contributed by atoms with van der Waals surface area (Å²) in [4.78, 5) is 22.4. The average Bonchev–Trinajstić information content (AvgIpc) is 2.21. The van der Waals surface area contributed by atoms with Crippen molar-refractivity contribution in [3.8, 4) is 0 Å². The molecule has 0 N–H and O–H groups in total. The molecule has 0 bridgehead atoms. The zero-order valence-corrected chi connectivity index (χ0v) is 10.5. The van der Waals surface area contributed by atoms with E-state index < -0.39 is 11.8 Å². The molecule has 0 spiro atoms. The van der Waals surface area contributed by atoms with Gasteiger partial charge in [0.2, 0.25) is 5.78 Å². The van der Waals surface area contributed by atoms with Crippen LogP contribution in [0.2, 0.25) is 0 Å². The Morgan fingerprint density at radius 2 is 1.81 bits per heavy atom. The van der Waals surface area contributed by atoms with Gasteiger partial charge in [0.05, 0.1) is 6.10 Å². The van der Waals surface area contributed by atoms with Crippen molar-refractivity contribution >= 4 is 11.8 Å². The van der Waals surface area contributed by atoms with Crippen molar-refractivity contribution in [1.82, 2.24) is 0 Å². The fourth-order valence-corrected chi connectivity index (χ4v) is 1.16. The number of Topliss-reactive ketones (excluding diaryl/α,β-unsaturated/α-hetero) is 1. The summed E-state index contributed by atoms with van der Waals surface area (Å²) < 4.78 is 4.80. The van der Waals surface area contributed by atoms with E-state index in [2.05, 4.69) is 19.1 Å². The van der Waals surface area contributed by atoms with Crippen LogP contribution in [0.3, 0.4) is 0 Å². The zero-order valence-electron chi connectivity index (χ0n) is 10.5. The number of hydrogen-bond donors (Lipinski definition) is 0. The highest BCUT2D eigenvalue weighted by atomic mass is 16.5. The summed E-state index contributed by atoms with van der Waals surface area (Å²) in [5.74, 6) is -1.12. The first-order valence-corrected chi connectivity index (χ1v) is 5.96. The van der Waals surface area contributed by atoms with Gasteiger partial charge in [0.15, 0.2) is 0 Å². The minimum atomic E-state index is -0.701. The van der Waals surface area contributed by atoms with Gasteiger partial charge < -0.3 is 4.74 Å². The molecule has 0 saturated carbocycles. The molecular formula is C13H22O3. The summed E-state index contributed by atoms with van der Waals surface area (Å²) in [5.41, 5.74) is 0. The summed E-state index contributed by atoms with van der Waals surface area (Å²) >= 11 is 0. The Morgan fingerprint density at radius 1 is 1.19 bits per heavy atom. The van der Waals surface area contributed by atoms with Crippen LogP contribution in [0.1, 0.15) is 52.9 Å².